The summed E-state index contributed by atoms with van der Waals surface area (Å²) in [7, 11) is 1.29. The summed E-state index contributed by atoms with van der Waals surface area (Å²) in [6.07, 6.45) is 0. The lowest BCUT2D eigenvalue weighted by Gasteiger charge is -2.32. The van der Waals surface area contributed by atoms with Gasteiger partial charge >= 0.3 is 5.97 Å². The lowest BCUT2D eigenvalue weighted by atomic mass is 9.98. The predicted molar refractivity (Wildman–Crippen MR) is 108 cm³/mol. The molecule has 0 aliphatic carbocycles. The smallest absolute Gasteiger partial charge is 0.354 e. The van der Waals surface area contributed by atoms with Crippen LogP contribution in [0.3, 0.4) is 0 Å². The Labute approximate surface area is 169 Å². The summed E-state index contributed by atoms with van der Waals surface area (Å²) in [6.45, 7) is 8.82. The van der Waals surface area contributed by atoms with E-state index < -0.39 is 12.0 Å². The molecule has 6 nitrogen and oxygen atoms in total. The van der Waals surface area contributed by atoms with Gasteiger partial charge in [-0.3, -0.25) is 9.59 Å². The highest BCUT2D eigenvalue weighted by Crippen LogP contribution is 2.24. The van der Waals surface area contributed by atoms with Crippen LogP contribution < -0.4 is 0 Å². The third-order valence-electron chi connectivity index (χ3n) is 4.75. The Bertz CT molecular complexity index is 900. The molecule has 28 heavy (non-hydrogen) atoms. The number of methoxy groups -OCH3 is 1. The number of aryl methyl sites for hydroxylation is 1. The molecule has 2 aromatic rings. The third-order valence-corrected chi connectivity index (χ3v) is 5.00. The lowest BCUT2D eigenvalue weighted by molar-refractivity contribution is 0.0565. The summed E-state index contributed by atoms with van der Waals surface area (Å²) in [5.41, 5.74) is 2.19. The molecular weight excluding hydrogens is 380 g/mol. The van der Waals surface area contributed by atoms with E-state index >= 15 is 0 Å². The minimum atomic E-state index is -0.720. The van der Waals surface area contributed by atoms with Crippen molar-refractivity contribution in [1.82, 2.24) is 9.88 Å². The molecule has 1 aromatic carbocycles. The zero-order valence-electron chi connectivity index (χ0n) is 16.9. The molecule has 0 fully saturated rings. The van der Waals surface area contributed by atoms with E-state index in [0.29, 0.717) is 27.4 Å². The molecule has 0 bridgehead atoms. The molecule has 2 rings (SSSR count). The van der Waals surface area contributed by atoms with Gasteiger partial charge in [0, 0.05) is 27.9 Å². The molecule has 0 radical (unpaired) electrons. The highest BCUT2D eigenvalue weighted by Gasteiger charge is 2.33. The molecule has 1 heterocycles. The molecule has 0 spiro atoms. The Morgan fingerprint density at radius 1 is 1.07 bits per heavy atom. The summed E-state index contributed by atoms with van der Waals surface area (Å²) < 4.78 is 4.76. The van der Waals surface area contributed by atoms with Gasteiger partial charge in [0.2, 0.25) is 0 Å². The van der Waals surface area contributed by atoms with Crippen molar-refractivity contribution >= 4 is 29.3 Å². The zero-order valence-corrected chi connectivity index (χ0v) is 17.7. The van der Waals surface area contributed by atoms with E-state index in [4.69, 9.17) is 16.3 Å². The summed E-state index contributed by atoms with van der Waals surface area (Å²) in [4.78, 5) is 42.7. The second-order valence-electron chi connectivity index (χ2n) is 6.97. The molecule has 0 aliphatic heterocycles. The normalized spacial score (nSPS) is 12.0. The van der Waals surface area contributed by atoms with Crippen molar-refractivity contribution in [3.8, 4) is 0 Å². The van der Waals surface area contributed by atoms with Gasteiger partial charge in [-0.2, -0.15) is 0 Å². The highest BCUT2D eigenvalue weighted by molar-refractivity contribution is 6.30. The van der Waals surface area contributed by atoms with Crippen LogP contribution in [0.2, 0.25) is 5.02 Å². The van der Waals surface area contributed by atoms with Crippen LogP contribution in [0, 0.1) is 13.8 Å². The van der Waals surface area contributed by atoms with E-state index in [-0.39, 0.29) is 23.4 Å². The Balaban J connectivity index is 2.41. The van der Waals surface area contributed by atoms with Crippen molar-refractivity contribution < 1.29 is 19.1 Å². The van der Waals surface area contributed by atoms with E-state index in [1.807, 2.05) is 13.8 Å². The Kier molecular flexibility index (Phi) is 6.67. The molecule has 1 aromatic heterocycles. The summed E-state index contributed by atoms with van der Waals surface area (Å²) in [6, 6.07) is 5.63. The Morgan fingerprint density at radius 3 is 2.14 bits per heavy atom. The number of nitrogens with zero attached hydrogens (tertiary/aromatic N) is 1. The van der Waals surface area contributed by atoms with E-state index in [1.165, 1.54) is 12.0 Å². The van der Waals surface area contributed by atoms with Gasteiger partial charge in [-0.1, -0.05) is 11.6 Å². The number of rotatable bonds is 6. The number of hydrogen-bond donors (Lipinski definition) is 1. The maximum atomic E-state index is 13.3. The minimum absolute atomic E-state index is 0.207. The summed E-state index contributed by atoms with van der Waals surface area (Å²) in [5.74, 6) is -1.03. The second-order valence-corrected chi connectivity index (χ2v) is 7.41. The average Bonchev–Trinajstić information content (AvgIpc) is 2.94. The predicted octanol–water partition coefficient (Wildman–Crippen LogP) is 4.19. The number of Topliss-reactive ketones (excluding diaryl/α,β-unsaturated/α-hetero) is 1. The largest absolute Gasteiger partial charge is 0.464 e. The fourth-order valence-corrected chi connectivity index (χ4v) is 3.49. The number of carbonyl (C=O) groups is 3. The van der Waals surface area contributed by atoms with Gasteiger partial charge in [-0.15, -0.1) is 0 Å². The van der Waals surface area contributed by atoms with E-state index in [9.17, 15) is 14.4 Å². The van der Waals surface area contributed by atoms with Gasteiger partial charge in [0.25, 0.3) is 5.91 Å². The standard InChI is InChI=1S/C21H25ClN2O4/c1-11(2)24(20(26)15-7-9-16(22)10-8-15)14(5)19(25)17-12(3)18(21(27)28-6)23-13(17)4/h7-11,14,23H,1-6H3/t14-/m1/s1. The zero-order chi connectivity index (χ0) is 21.2. The minimum Gasteiger partial charge on any atom is -0.464 e. The van der Waals surface area contributed by atoms with E-state index in [0.717, 1.165) is 0 Å². The van der Waals surface area contributed by atoms with Gasteiger partial charge < -0.3 is 14.6 Å². The summed E-state index contributed by atoms with van der Waals surface area (Å²) >= 11 is 5.91. The lowest BCUT2D eigenvalue weighted by Crippen LogP contribution is -2.47. The number of halogens is 1. The molecule has 0 aliphatic rings. The van der Waals surface area contributed by atoms with Crippen LogP contribution in [-0.2, 0) is 4.74 Å². The molecule has 0 saturated heterocycles. The van der Waals surface area contributed by atoms with Crippen LogP contribution in [0.5, 0.6) is 0 Å². The van der Waals surface area contributed by atoms with E-state index in [2.05, 4.69) is 4.98 Å². The van der Waals surface area contributed by atoms with Crippen LogP contribution in [0.1, 0.15) is 63.2 Å². The van der Waals surface area contributed by atoms with Crippen molar-refractivity contribution in [2.75, 3.05) is 7.11 Å². The molecule has 1 amide bonds. The highest BCUT2D eigenvalue weighted by atomic mass is 35.5. The monoisotopic (exact) mass is 404 g/mol. The SMILES string of the molecule is COC(=O)c1[nH]c(C)c(C(=O)[C@@H](C)N(C(=O)c2ccc(Cl)cc2)C(C)C)c1C. The number of benzene rings is 1. The van der Waals surface area contributed by atoms with Gasteiger partial charge in [0.05, 0.1) is 13.2 Å². The number of ether oxygens (including phenoxy) is 1. The molecule has 150 valence electrons. The van der Waals surface area contributed by atoms with Crippen LogP contribution in [0.15, 0.2) is 24.3 Å². The number of aromatic amines is 1. The molecule has 0 saturated carbocycles. The summed E-state index contributed by atoms with van der Waals surface area (Å²) in [5, 5.41) is 0.533. The fraction of sp³-hybridized carbons (Fsp3) is 0.381. The van der Waals surface area contributed by atoms with Gasteiger partial charge in [-0.05, 0) is 64.4 Å². The second kappa shape index (κ2) is 8.61. The molecule has 1 atom stereocenters. The van der Waals surface area contributed by atoms with Crippen molar-refractivity contribution in [3.05, 3.63) is 57.4 Å². The first-order valence-corrected chi connectivity index (χ1v) is 9.37. The number of carbonyl (C=O) groups excluding carboxylic acids is 3. The topological polar surface area (TPSA) is 79.5 Å². The number of H-pyrrole nitrogens is 1. The van der Waals surface area contributed by atoms with Crippen LogP contribution in [0.4, 0.5) is 0 Å². The quantitative estimate of drug-likeness (QED) is 0.578. The van der Waals surface area contributed by atoms with Crippen molar-refractivity contribution in [2.24, 2.45) is 0 Å². The van der Waals surface area contributed by atoms with Gasteiger partial charge in [-0.25, -0.2) is 4.79 Å². The van der Waals surface area contributed by atoms with E-state index in [1.54, 1.807) is 45.0 Å². The van der Waals surface area contributed by atoms with Crippen molar-refractivity contribution in [3.63, 3.8) is 0 Å². The Morgan fingerprint density at radius 2 is 1.64 bits per heavy atom. The van der Waals surface area contributed by atoms with Gasteiger partial charge in [0.1, 0.15) is 5.69 Å². The van der Waals surface area contributed by atoms with Crippen molar-refractivity contribution in [1.29, 1.82) is 0 Å². The molecule has 1 N–H and O–H groups in total. The van der Waals surface area contributed by atoms with Crippen molar-refractivity contribution in [2.45, 2.75) is 46.7 Å². The molecule has 7 heteroatoms. The number of amides is 1. The van der Waals surface area contributed by atoms with Crippen LogP contribution in [-0.4, -0.2) is 46.7 Å². The number of esters is 1. The van der Waals surface area contributed by atoms with Crippen LogP contribution >= 0.6 is 11.6 Å². The number of aromatic nitrogens is 1. The molecular formula is C21H25ClN2O4. The van der Waals surface area contributed by atoms with Gasteiger partial charge in [0.15, 0.2) is 5.78 Å². The maximum absolute atomic E-state index is 13.3. The molecule has 0 unspecified atom stereocenters. The number of nitrogens with one attached hydrogen (secondary N) is 1. The first kappa shape index (κ1) is 21.7. The Hall–Kier alpha value is -2.60. The van der Waals surface area contributed by atoms with Crippen LogP contribution in [0.25, 0.3) is 0 Å². The third kappa shape index (κ3) is 4.12. The average molecular weight is 405 g/mol. The maximum Gasteiger partial charge on any atom is 0.354 e. The number of hydrogen-bond acceptors (Lipinski definition) is 4. The first-order chi connectivity index (χ1) is 13.1. The number of ketones is 1. The fourth-order valence-electron chi connectivity index (χ4n) is 3.36. The first-order valence-electron chi connectivity index (χ1n) is 9.00.